The Bertz CT molecular complexity index is 662. The lowest BCUT2D eigenvalue weighted by molar-refractivity contribution is -0.122. The molecule has 8 heteroatoms. The first-order valence-electron chi connectivity index (χ1n) is 7.02. The van der Waals surface area contributed by atoms with Gasteiger partial charge in [-0.1, -0.05) is 0 Å². The minimum absolute atomic E-state index is 0.0838. The quantitative estimate of drug-likeness (QED) is 0.887. The van der Waals surface area contributed by atoms with Gasteiger partial charge in [0.15, 0.2) is 0 Å². The molecule has 0 bridgehead atoms. The zero-order chi connectivity index (χ0) is 16.3. The minimum Gasteiger partial charge on any atom is -0.350 e. The number of carbonyl (C=O) groups is 1. The Morgan fingerprint density at radius 3 is 2.64 bits per heavy atom. The molecule has 0 aliphatic carbocycles. The normalized spacial score (nSPS) is 11.2. The van der Waals surface area contributed by atoms with E-state index in [-0.39, 0.29) is 18.1 Å². The maximum atomic E-state index is 12.6. The molecule has 0 aliphatic rings. The largest absolute Gasteiger partial charge is 0.350 e. The van der Waals surface area contributed by atoms with Gasteiger partial charge < -0.3 is 5.32 Å². The van der Waals surface area contributed by atoms with Crippen LogP contribution >= 0.6 is 0 Å². The molecule has 1 amide bonds. The topological polar surface area (TPSA) is 64.7 Å². The zero-order valence-electron chi connectivity index (χ0n) is 12.8. The molecule has 0 aliphatic heterocycles. The van der Waals surface area contributed by atoms with Crippen molar-refractivity contribution in [3.8, 4) is 0 Å². The fourth-order valence-corrected chi connectivity index (χ4v) is 2.08. The van der Waals surface area contributed by atoms with E-state index < -0.39 is 6.43 Å². The van der Waals surface area contributed by atoms with Crippen molar-refractivity contribution >= 4 is 5.91 Å². The van der Waals surface area contributed by atoms with Crippen molar-refractivity contribution in [1.82, 2.24) is 24.9 Å². The molecule has 0 fully saturated rings. The first-order chi connectivity index (χ1) is 10.4. The number of halogens is 2. The van der Waals surface area contributed by atoms with Crippen molar-refractivity contribution in [3.63, 3.8) is 0 Å². The van der Waals surface area contributed by atoms with Gasteiger partial charge in [-0.05, 0) is 26.8 Å². The van der Waals surface area contributed by atoms with Gasteiger partial charge in [0.1, 0.15) is 12.2 Å². The van der Waals surface area contributed by atoms with E-state index in [9.17, 15) is 13.6 Å². The zero-order valence-corrected chi connectivity index (χ0v) is 12.8. The number of aryl methyl sites for hydroxylation is 3. The summed E-state index contributed by atoms with van der Waals surface area (Å²) >= 11 is 0. The lowest BCUT2D eigenvalue weighted by atomic mass is 10.2. The maximum absolute atomic E-state index is 12.6. The van der Waals surface area contributed by atoms with Crippen LogP contribution in [-0.2, 0) is 24.4 Å². The van der Waals surface area contributed by atoms with Gasteiger partial charge in [0.25, 0.3) is 6.43 Å². The number of nitrogens with one attached hydrogen (secondary N) is 1. The van der Waals surface area contributed by atoms with Crippen LogP contribution in [0.1, 0.15) is 36.0 Å². The molecule has 0 spiro atoms. The van der Waals surface area contributed by atoms with Gasteiger partial charge in [-0.25, -0.2) is 8.78 Å². The summed E-state index contributed by atoms with van der Waals surface area (Å²) in [5.74, 6) is -0.282. The molecule has 22 heavy (non-hydrogen) atoms. The molecule has 2 aromatic heterocycles. The number of aromatic nitrogens is 4. The van der Waals surface area contributed by atoms with Crippen molar-refractivity contribution in [2.75, 3.05) is 0 Å². The highest BCUT2D eigenvalue weighted by Gasteiger charge is 2.15. The van der Waals surface area contributed by atoms with Gasteiger partial charge in [0, 0.05) is 30.5 Å². The van der Waals surface area contributed by atoms with E-state index in [2.05, 4.69) is 15.5 Å². The molecule has 1 N–H and O–H groups in total. The summed E-state index contributed by atoms with van der Waals surface area (Å²) in [6, 6.07) is 1.29. The van der Waals surface area contributed by atoms with Crippen molar-refractivity contribution in [1.29, 1.82) is 0 Å². The second-order valence-corrected chi connectivity index (χ2v) is 5.04. The number of nitrogens with zero attached hydrogens (tertiary/aromatic N) is 4. The summed E-state index contributed by atoms with van der Waals surface area (Å²) in [6.45, 7) is 6.53. The van der Waals surface area contributed by atoms with Crippen LogP contribution in [-0.4, -0.2) is 25.5 Å². The predicted molar refractivity (Wildman–Crippen MR) is 76.4 cm³/mol. The van der Waals surface area contributed by atoms with Crippen LogP contribution in [0.25, 0.3) is 0 Å². The van der Waals surface area contributed by atoms with Crippen LogP contribution in [0.2, 0.25) is 0 Å². The summed E-state index contributed by atoms with van der Waals surface area (Å²) in [6.07, 6.45) is -0.755. The molecule has 0 unspecified atom stereocenters. The van der Waals surface area contributed by atoms with Crippen molar-refractivity contribution in [2.24, 2.45) is 0 Å². The van der Waals surface area contributed by atoms with Gasteiger partial charge in [-0.3, -0.25) is 14.2 Å². The summed E-state index contributed by atoms with van der Waals surface area (Å²) in [4.78, 5) is 11.9. The van der Waals surface area contributed by atoms with Crippen LogP contribution in [0.3, 0.4) is 0 Å². The molecule has 0 radical (unpaired) electrons. The second-order valence-electron chi connectivity index (χ2n) is 5.04. The number of amides is 1. The fraction of sp³-hybridized carbons (Fsp3) is 0.500. The van der Waals surface area contributed by atoms with Gasteiger partial charge in [-0.2, -0.15) is 10.2 Å². The molecule has 120 valence electrons. The Morgan fingerprint density at radius 1 is 1.36 bits per heavy atom. The smallest absolute Gasteiger partial charge is 0.282 e. The maximum Gasteiger partial charge on any atom is 0.282 e. The average Bonchev–Trinajstić information content (AvgIpc) is 3.00. The molecule has 2 aromatic rings. The van der Waals surface area contributed by atoms with E-state index in [1.54, 1.807) is 11.6 Å². The SMILES string of the molecule is CCn1cc(CNC(=O)Cn2nc(C(F)F)cc2C)c(C)n1. The standard InChI is InChI=1S/C14H19F2N5O/c1-4-20-7-11(10(3)18-20)6-17-13(22)8-21-9(2)5-12(19-21)14(15)16/h5,7,14H,4,6,8H2,1-3H3,(H,17,22). The first-order valence-corrected chi connectivity index (χ1v) is 7.02. The average molecular weight is 311 g/mol. The molecule has 0 aromatic carbocycles. The van der Waals surface area contributed by atoms with Crippen LogP contribution < -0.4 is 5.32 Å². The van der Waals surface area contributed by atoms with Gasteiger partial charge >= 0.3 is 0 Å². The molecular formula is C14H19F2N5O. The number of carbonyl (C=O) groups excluding carboxylic acids is 1. The van der Waals surface area contributed by atoms with Crippen LogP contribution in [0, 0.1) is 13.8 Å². The van der Waals surface area contributed by atoms with E-state index in [4.69, 9.17) is 0 Å². The highest BCUT2D eigenvalue weighted by molar-refractivity contribution is 5.75. The number of alkyl halides is 2. The van der Waals surface area contributed by atoms with E-state index in [0.717, 1.165) is 17.8 Å². The summed E-state index contributed by atoms with van der Waals surface area (Å²) < 4.78 is 28.2. The van der Waals surface area contributed by atoms with Crippen molar-refractivity contribution in [2.45, 2.75) is 46.8 Å². The second kappa shape index (κ2) is 6.67. The summed E-state index contributed by atoms with van der Waals surface area (Å²) in [5.41, 5.74) is 2.00. The monoisotopic (exact) mass is 311 g/mol. The Kier molecular flexibility index (Phi) is 4.89. The lowest BCUT2D eigenvalue weighted by Crippen LogP contribution is -2.28. The Balaban J connectivity index is 1.94. The van der Waals surface area contributed by atoms with Crippen LogP contribution in [0.15, 0.2) is 12.3 Å². The molecule has 0 atom stereocenters. The van der Waals surface area contributed by atoms with Crippen molar-refractivity contribution in [3.05, 3.63) is 34.9 Å². The summed E-state index contributed by atoms with van der Waals surface area (Å²) in [7, 11) is 0. The lowest BCUT2D eigenvalue weighted by Gasteiger charge is -2.06. The van der Waals surface area contributed by atoms with E-state index in [0.29, 0.717) is 12.2 Å². The molecule has 2 heterocycles. The Morgan fingerprint density at radius 2 is 2.09 bits per heavy atom. The third-order valence-corrected chi connectivity index (χ3v) is 3.37. The Labute approximate surface area is 127 Å². The van der Waals surface area contributed by atoms with Crippen LogP contribution in [0.4, 0.5) is 8.78 Å². The third kappa shape index (κ3) is 3.69. The van der Waals surface area contributed by atoms with Crippen molar-refractivity contribution < 1.29 is 13.6 Å². The molecule has 2 rings (SSSR count). The van der Waals surface area contributed by atoms with E-state index in [1.165, 1.54) is 10.7 Å². The van der Waals surface area contributed by atoms with Gasteiger partial charge in [0.05, 0.1) is 5.69 Å². The predicted octanol–water partition coefficient (Wildman–Crippen LogP) is 1.97. The van der Waals surface area contributed by atoms with E-state index in [1.807, 2.05) is 20.0 Å². The number of hydrogen-bond acceptors (Lipinski definition) is 3. The third-order valence-electron chi connectivity index (χ3n) is 3.37. The molecule has 6 nitrogen and oxygen atoms in total. The summed E-state index contributed by atoms with van der Waals surface area (Å²) in [5, 5.41) is 10.8. The molecule has 0 saturated carbocycles. The van der Waals surface area contributed by atoms with Crippen LogP contribution in [0.5, 0.6) is 0 Å². The Hall–Kier alpha value is -2.25. The highest BCUT2D eigenvalue weighted by atomic mass is 19.3. The van der Waals surface area contributed by atoms with Gasteiger partial charge in [-0.15, -0.1) is 0 Å². The first kappa shape index (κ1) is 16.1. The fourth-order valence-electron chi connectivity index (χ4n) is 2.08. The van der Waals surface area contributed by atoms with Gasteiger partial charge in [0.2, 0.25) is 5.91 Å². The minimum atomic E-state index is -2.63. The number of rotatable bonds is 6. The number of hydrogen-bond donors (Lipinski definition) is 1. The molecule has 0 saturated heterocycles. The molecular weight excluding hydrogens is 292 g/mol. The highest BCUT2D eigenvalue weighted by Crippen LogP contribution is 2.17. The van der Waals surface area contributed by atoms with E-state index >= 15 is 0 Å².